The van der Waals surface area contributed by atoms with E-state index in [1.807, 2.05) is 6.08 Å². The zero-order valence-electron chi connectivity index (χ0n) is 11.7. The summed E-state index contributed by atoms with van der Waals surface area (Å²) >= 11 is 0. The van der Waals surface area contributed by atoms with Gasteiger partial charge < -0.3 is 9.84 Å². The van der Waals surface area contributed by atoms with Gasteiger partial charge in [0.1, 0.15) is 0 Å². The quantitative estimate of drug-likeness (QED) is 0.329. The lowest BCUT2D eigenvalue weighted by Gasteiger charge is -2.09. The maximum Gasteiger partial charge on any atom is 0.308 e. The molecule has 0 fully saturated rings. The molecule has 0 saturated carbocycles. The number of esters is 1. The summed E-state index contributed by atoms with van der Waals surface area (Å²) < 4.78 is 4.79. The number of ether oxygens (including phenoxy) is 1. The van der Waals surface area contributed by atoms with Crippen molar-refractivity contribution in [3.63, 3.8) is 0 Å². The van der Waals surface area contributed by atoms with Crippen molar-refractivity contribution < 1.29 is 14.6 Å². The van der Waals surface area contributed by atoms with Crippen molar-refractivity contribution in [3.8, 4) is 0 Å². The van der Waals surface area contributed by atoms with Crippen LogP contribution in [0.5, 0.6) is 0 Å². The Morgan fingerprint density at radius 3 is 2.44 bits per heavy atom. The molecule has 0 amide bonds. The lowest BCUT2D eigenvalue weighted by Crippen LogP contribution is -2.15. The van der Waals surface area contributed by atoms with Gasteiger partial charge in [-0.2, -0.15) is 0 Å². The Kier molecular flexibility index (Phi) is 12.0. The molecule has 0 aromatic heterocycles. The van der Waals surface area contributed by atoms with Crippen molar-refractivity contribution in [2.24, 2.45) is 0 Å². The summed E-state index contributed by atoms with van der Waals surface area (Å²) in [5.74, 6) is -0.297. The first-order valence-corrected chi connectivity index (χ1v) is 7.15. The second-order valence-corrected chi connectivity index (χ2v) is 4.65. The lowest BCUT2D eigenvalue weighted by molar-refractivity contribution is -0.145. The van der Waals surface area contributed by atoms with Crippen LogP contribution >= 0.6 is 0 Å². The van der Waals surface area contributed by atoms with Gasteiger partial charge in [0, 0.05) is 0 Å². The summed E-state index contributed by atoms with van der Waals surface area (Å²) in [4.78, 5) is 11.1. The summed E-state index contributed by atoms with van der Waals surface area (Å²) in [7, 11) is 0. The zero-order valence-corrected chi connectivity index (χ0v) is 11.7. The van der Waals surface area contributed by atoms with Gasteiger partial charge in [0.15, 0.2) is 0 Å². The second kappa shape index (κ2) is 12.6. The van der Waals surface area contributed by atoms with Crippen LogP contribution in [0.3, 0.4) is 0 Å². The van der Waals surface area contributed by atoms with Gasteiger partial charge in [-0.25, -0.2) is 0 Å². The molecular formula is C15H28O3. The van der Waals surface area contributed by atoms with Gasteiger partial charge in [-0.3, -0.25) is 4.79 Å². The predicted molar refractivity (Wildman–Crippen MR) is 74.4 cm³/mol. The lowest BCUT2D eigenvalue weighted by atomic mass is 10.0. The monoisotopic (exact) mass is 256 g/mol. The molecule has 1 atom stereocenters. The van der Waals surface area contributed by atoms with E-state index in [0.717, 1.165) is 19.3 Å². The van der Waals surface area contributed by atoms with Gasteiger partial charge in [0.05, 0.1) is 19.1 Å². The Labute approximate surface area is 111 Å². The van der Waals surface area contributed by atoms with Crippen molar-refractivity contribution >= 4 is 5.97 Å². The average molecular weight is 256 g/mol. The van der Waals surface area contributed by atoms with Crippen LogP contribution in [0.1, 0.15) is 64.7 Å². The SMILES string of the molecule is C=CCCCCCCCCC(O)CC(=O)OCC. The minimum atomic E-state index is -0.537. The molecule has 0 aliphatic carbocycles. The van der Waals surface area contributed by atoms with Gasteiger partial charge in [-0.15, -0.1) is 6.58 Å². The van der Waals surface area contributed by atoms with Gasteiger partial charge in [-0.05, 0) is 26.2 Å². The third kappa shape index (κ3) is 11.6. The van der Waals surface area contributed by atoms with Crippen molar-refractivity contribution in [3.05, 3.63) is 12.7 Å². The molecule has 3 heteroatoms. The number of allylic oxidation sites excluding steroid dienone is 1. The number of aliphatic hydroxyl groups excluding tert-OH is 1. The normalized spacial score (nSPS) is 12.1. The van der Waals surface area contributed by atoms with Gasteiger partial charge in [-0.1, -0.05) is 38.2 Å². The second-order valence-electron chi connectivity index (χ2n) is 4.65. The highest BCUT2D eigenvalue weighted by Gasteiger charge is 2.10. The maximum absolute atomic E-state index is 11.1. The third-order valence-corrected chi connectivity index (χ3v) is 2.90. The van der Waals surface area contributed by atoms with E-state index in [0.29, 0.717) is 13.0 Å². The van der Waals surface area contributed by atoms with Gasteiger partial charge in [0.2, 0.25) is 0 Å². The molecule has 0 heterocycles. The van der Waals surface area contributed by atoms with Gasteiger partial charge >= 0.3 is 5.97 Å². The molecule has 3 nitrogen and oxygen atoms in total. The van der Waals surface area contributed by atoms with Crippen LogP contribution in [0.4, 0.5) is 0 Å². The van der Waals surface area contributed by atoms with E-state index < -0.39 is 6.10 Å². The van der Waals surface area contributed by atoms with Crippen LogP contribution in [0.2, 0.25) is 0 Å². The van der Waals surface area contributed by atoms with Crippen molar-refractivity contribution in [1.29, 1.82) is 0 Å². The number of rotatable bonds is 12. The van der Waals surface area contributed by atoms with Crippen LogP contribution in [-0.2, 0) is 9.53 Å². The molecule has 106 valence electrons. The number of carbonyl (C=O) groups is 1. The fraction of sp³-hybridized carbons (Fsp3) is 0.800. The Hall–Kier alpha value is -0.830. The molecule has 0 bridgehead atoms. The van der Waals surface area contributed by atoms with Crippen LogP contribution in [0.15, 0.2) is 12.7 Å². The molecule has 0 saturated heterocycles. The molecule has 0 aromatic rings. The molecule has 0 aliphatic rings. The molecule has 0 spiro atoms. The summed E-state index contributed by atoms with van der Waals surface area (Å²) in [5.41, 5.74) is 0. The smallest absolute Gasteiger partial charge is 0.308 e. The van der Waals surface area contributed by atoms with E-state index in [9.17, 15) is 9.90 Å². The van der Waals surface area contributed by atoms with E-state index in [4.69, 9.17) is 4.74 Å². The summed E-state index contributed by atoms with van der Waals surface area (Å²) in [6.45, 7) is 5.86. The minimum absolute atomic E-state index is 0.132. The van der Waals surface area contributed by atoms with Crippen LogP contribution in [-0.4, -0.2) is 23.8 Å². The number of aliphatic hydroxyl groups is 1. The van der Waals surface area contributed by atoms with E-state index in [1.54, 1.807) is 6.92 Å². The topological polar surface area (TPSA) is 46.5 Å². The highest BCUT2D eigenvalue weighted by Crippen LogP contribution is 2.11. The molecule has 0 aliphatic heterocycles. The highest BCUT2D eigenvalue weighted by atomic mass is 16.5. The predicted octanol–water partition coefficient (Wildman–Crippen LogP) is 3.61. The fourth-order valence-electron chi connectivity index (χ4n) is 1.89. The third-order valence-electron chi connectivity index (χ3n) is 2.90. The molecule has 18 heavy (non-hydrogen) atoms. The Morgan fingerprint density at radius 1 is 1.22 bits per heavy atom. The van der Waals surface area contributed by atoms with Crippen LogP contribution < -0.4 is 0 Å². The molecule has 0 aromatic carbocycles. The number of carbonyl (C=O) groups excluding carboxylic acids is 1. The minimum Gasteiger partial charge on any atom is -0.466 e. The Morgan fingerprint density at radius 2 is 1.83 bits per heavy atom. The first kappa shape index (κ1) is 17.2. The van der Waals surface area contributed by atoms with E-state index in [-0.39, 0.29) is 12.4 Å². The van der Waals surface area contributed by atoms with Crippen molar-refractivity contribution in [1.82, 2.24) is 0 Å². The number of unbranched alkanes of at least 4 members (excludes halogenated alkanes) is 6. The summed E-state index contributed by atoms with van der Waals surface area (Å²) in [6, 6.07) is 0. The van der Waals surface area contributed by atoms with Crippen LogP contribution in [0, 0.1) is 0 Å². The van der Waals surface area contributed by atoms with E-state index in [2.05, 4.69) is 6.58 Å². The van der Waals surface area contributed by atoms with E-state index >= 15 is 0 Å². The van der Waals surface area contributed by atoms with E-state index in [1.165, 1.54) is 25.7 Å². The first-order valence-electron chi connectivity index (χ1n) is 7.15. The summed E-state index contributed by atoms with van der Waals surface area (Å²) in [6.07, 6.45) is 10.4. The molecule has 1 unspecified atom stereocenters. The zero-order chi connectivity index (χ0) is 13.6. The van der Waals surface area contributed by atoms with Crippen LogP contribution in [0.25, 0.3) is 0 Å². The molecule has 0 radical (unpaired) electrons. The summed E-state index contributed by atoms with van der Waals surface area (Å²) in [5, 5.41) is 9.61. The van der Waals surface area contributed by atoms with Crippen molar-refractivity contribution in [2.45, 2.75) is 70.8 Å². The standard InChI is InChI=1S/C15H28O3/c1-3-5-6-7-8-9-10-11-12-14(16)13-15(17)18-4-2/h3,14,16H,1,4-13H2,2H3. The largest absolute Gasteiger partial charge is 0.466 e. The Balaban J connectivity index is 3.27. The molecule has 1 N–H and O–H groups in total. The first-order chi connectivity index (χ1) is 8.70. The van der Waals surface area contributed by atoms with Gasteiger partial charge in [0.25, 0.3) is 0 Å². The highest BCUT2D eigenvalue weighted by molar-refractivity contribution is 5.69. The Bertz CT molecular complexity index is 214. The van der Waals surface area contributed by atoms with Crippen molar-refractivity contribution in [2.75, 3.05) is 6.61 Å². The maximum atomic E-state index is 11.1. The fourth-order valence-corrected chi connectivity index (χ4v) is 1.89. The number of hydrogen-bond donors (Lipinski definition) is 1. The molecular weight excluding hydrogens is 228 g/mol. The molecule has 0 rings (SSSR count). The average Bonchev–Trinajstić information content (AvgIpc) is 2.32. The number of hydrogen-bond acceptors (Lipinski definition) is 3.